The zero-order chi connectivity index (χ0) is 20.7. The lowest BCUT2D eigenvalue weighted by Gasteiger charge is -2.38. The molecule has 0 atom stereocenters. The highest BCUT2D eigenvalue weighted by Gasteiger charge is 2.35. The van der Waals surface area contributed by atoms with Crippen molar-refractivity contribution in [1.29, 1.82) is 0 Å². The molecular formula is C21H16ClF2N3O2. The summed E-state index contributed by atoms with van der Waals surface area (Å²) in [7, 11) is 1.49. The topological polar surface area (TPSA) is 45.7 Å². The molecule has 1 aliphatic heterocycles. The minimum absolute atomic E-state index is 0.0907. The van der Waals surface area contributed by atoms with Crippen LogP contribution in [-0.2, 0) is 0 Å². The van der Waals surface area contributed by atoms with E-state index < -0.39 is 11.7 Å². The lowest BCUT2D eigenvalue weighted by molar-refractivity contribution is 0.0979. The fourth-order valence-electron chi connectivity index (χ4n) is 3.37. The summed E-state index contributed by atoms with van der Waals surface area (Å²) >= 11 is 5.95. The number of pyridine rings is 1. The van der Waals surface area contributed by atoms with E-state index in [9.17, 15) is 13.6 Å². The van der Waals surface area contributed by atoms with E-state index in [-0.39, 0.29) is 23.1 Å². The second-order valence-electron chi connectivity index (χ2n) is 6.55. The molecule has 29 heavy (non-hydrogen) atoms. The maximum Gasteiger partial charge on any atom is 0.264 e. The van der Waals surface area contributed by atoms with E-state index in [1.165, 1.54) is 36.4 Å². The lowest BCUT2D eigenvalue weighted by atomic mass is 10.0. The Morgan fingerprint density at radius 2 is 1.83 bits per heavy atom. The predicted octanol–water partition coefficient (Wildman–Crippen LogP) is 5.09. The summed E-state index contributed by atoms with van der Waals surface area (Å²) in [6.45, 7) is 1.84. The smallest absolute Gasteiger partial charge is 0.264 e. The predicted molar refractivity (Wildman–Crippen MR) is 107 cm³/mol. The molecule has 2 aromatic carbocycles. The number of benzene rings is 2. The number of carbonyl (C=O) groups excluding carboxylic acids is 1. The number of aromatic nitrogens is 1. The Balaban J connectivity index is 1.88. The molecule has 0 N–H and O–H groups in total. The van der Waals surface area contributed by atoms with Crippen LogP contribution in [0.1, 0.15) is 15.9 Å². The summed E-state index contributed by atoms with van der Waals surface area (Å²) in [4.78, 5) is 20.4. The van der Waals surface area contributed by atoms with E-state index in [0.29, 0.717) is 28.5 Å². The number of amides is 1. The van der Waals surface area contributed by atoms with Gasteiger partial charge in [0.05, 0.1) is 29.7 Å². The van der Waals surface area contributed by atoms with Crippen LogP contribution in [0.25, 0.3) is 0 Å². The van der Waals surface area contributed by atoms with Gasteiger partial charge in [-0.25, -0.2) is 13.8 Å². The number of carbonyl (C=O) groups is 1. The quantitative estimate of drug-likeness (QED) is 0.598. The SMILES string of the molecule is COc1ccc(N2CN(c3ccc(F)cc3C)c3ccc(Cl)c(F)c3C2=O)cn1. The second kappa shape index (κ2) is 7.33. The molecule has 0 aliphatic carbocycles. The highest BCUT2D eigenvalue weighted by molar-refractivity contribution is 6.31. The van der Waals surface area contributed by atoms with Crippen molar-refractivity contribution in [2.75, 3.05) is 23.6 Å². The van der Waals surface area contributed by atoms with Crippen molar-refractivity contribution < 1.29 is 18.3 Å². The first kappa shape index (κ1) is 19.1. The minimum atomic E-state index is -0.801. The maximum atomic E-state index is 14.9. The summed E-state index contributed by atoms with van der Waals surface area (Å²) in [6, 6.07) is 10.6. The Bertz CT molecular complexity index is 1110. The van der Waals surface area contributed by atoms with Crippen molar-refractivity contribution in [1.82, 2.24) is 4.98 Å². The maximum absolute atomic E-state index is 14.9. The van der Waals surface area contributed by atoms with Gasteiger partial charge in [-0.05, 0) is 48.9 Å². The molecule has 2 heterocycles. The van der Waals surface area contributed by atoms with Crippen molar-refractivity contribution in [3.63, 3.8) is 0 Å². The van der Waals surface area contributed by atoms with Gasteiger partial charge in [0, 0.05) is 11.8 Å². The molecule has 0 fully saturated rings. The van der Waals surface area contributed by atoms with Crippen LogP contribution < -0.4 is 14.5 Å². The Morgan fingerprint density at radius 3 is 2.48 bits per heavy atom. The van der Waals surface area contributed by atoms with Crippen LogP contribution in [0.3, 0.4) is 0 Å². The van der Waals surface area contributed by atoms with E-state index in [2.05, 4.69) is 4.98 Å². The lowest BCUT2D eigenvalue weighted by Crippen LogP contribution is -2.45. The molecule has 0 spiro atoms. The normalized spacial score (nSPS) is 13.5. The van der Waals surface area contributed by atoms with E-state index in [1.54, 1.807) is 36.1 Å². The number of halogens is 3. The van der Waals surface area contributed by atoms with Gasteiger partial charge in [0.2, 0.25) is 5.88 Å². The first-order chi connectivity index (χ1) is 13.9. The minimum Gasteiger partial charge on any atom is -0.481 e. The van der Waals surface area contributed by atoms with Crippen molar-refractivity contribution in [3.05, 3.63) is 76.4 Å². The van der Waals surface area contributed by atoms with E-state index in [1.807, 2.05) is 0 Å². The van der Waals surface area contributed by atoms with Gasteiger partial charge < -0.3 is 9.64 Å². The highest BCUT2D eigenvalue weighted by atomic mass is 35.5. The van der Waals surface area contributed by atoms with Gasteiger partial charge in [0.1, 0.15) is 18.0 Å². The number of hydrogen-bond acceptors (Lipinski definition) is 4. The van der Waals surface area contributed by atoms with E-state index >= 15 is 0 Å². The van der Waals surface area contributed by atoms with Gasteiger partial charge in [-0.3, -0.25) is 9.69 Å². The Labute approximate surface area is 171 Å². The molecule has 8 heteroatoms. The zero-order valence-corrected chi connectivity index (χ0v) is 16.4. The standard InChI is InChI=1S/C21H16ClF2N3O2/c1-12-9-13(23)3-6-16(12)27-11-26(14-4-8-18(29-2)25-10-14)21(28)19-17(27)7-5-15(22)20(19)24/h3-10H,11H2,1-2H3. The van der Waals surface area contributed by atoms with E-state index in [4.69, 9.17) is 16.3 Å². The molecule has 0 saturated heterocycles. The van der Waals surface area contributed by atoms with Crippen LogP contribution in [0, 0.1) is 18.6 Å². The number of methoxy groups -OCH3 is 1. The van der Waals surface area contributed by atoms with Gasteiger partial charge in [0.15, 0.2) is 5.82 Å². The number of hydrogen-bond donors (Lipinski definition) is 0. The van der Waals surface area contributed by atoms with Gasteiger partial charge in [-0.15, -0.1) is 0 Å². The van der Waals surface area contributed by atoms with Crippen molar-refractivity contribution in [2.24, 2.45) is 0 Å². The van der Waals surface area contributed by atoms with Crippen LogP contribution in [0.4, 0.5) is 25.8 Å². The number of ether oxygens (including phenoxy) is 1. The number of rotatable bonds is 3. The third-order valence-corrected chi connectivity index (χ3v) is 5.09. The number of nitrogens with zero attached hydrogens (tertiary/aromatic N) is 3. The Kier molecular flexibility index (Phi) is 4.84. The van der Waals surface area contributed by atoms with Gasteiger partial charge in [-0.1, -0.05) is 11.6 Å². The van der Waals surface area contributed by atoms with Gasteiger partial charge >= 0.3 is 0 Å². The Hall–Kier alpha value is -3.19. The van der Waals surface area contributed by atoms with E-state index in [0.717, 1.165) is 0 Å². The molecule has 0 saturated carbocycles. The average molecular weight is 416 g/mol. The molecular weight excluding hydrogens is 400 g/mol. The summed E-state index contributed by atoms with van der Waals surface area (Å²) in [5.74, 6) is -1.33. The molecule has 1 aromatic heterocycles. The van der Waals surface area contributed by atoms with Crippen molar-refractivity contribution in [3.8, 4) is 5.88 Å². The second-order valence-corrected chi connectivity index (χ2v) is 6.95. The van der Waals surface area contributed by atoms with Crippen LogP contribution in [0.5, 0.6) is 5.88 Å². The van der Waals surface area contributed by atoms with Gasteiger partial charge in [0.25, 0.3) is 5.91 Å². The zero-order valence-electron chi connectivity index (χ0n) is 15.6. The molecule has 148 valence electrons. The summed E-state index contributed by atoms with van der Waals surface area (Å²) < 4.78 is 33.6. The molecule has 0 radical (unpaired) electrons. The molecule has 5 nitrogen and oxygen atoms in total. The molecule has 4 rings (SSSR count). The molecule has 0 unspecified atom stereocenters. The molecule has 3 aromatic rings. The number of fused-ring (bicyclic) bond motifs is 1. The summed E-state index contributed by atoms with van der Waals surface area (Å²) in [5, 5.41) is -0.150. The largest absolute Gasteiger partial charge is 0.481 e. The van der Waals surface area contributed by atoms with Crippen LogP contribution in [0.15, 0.2) is 48.7 Å². The number of anilines is 3. The van der Waals surface area contributed by atoms with Crippen molar-refractivity contribution >= 4 is 34.6 Å². The average Bonchev–Trinajstić information content (AvgIpc) is 2.71. The molecule has 0 bridgehead atoms. The highest BCUT2D eigenvalue weighted by Crippen LogP contribution is 2.39. The first-order valence-corrected chi connectivity index (χ1v) is 9.12. The molecule has 1 aliphatic rings. The van der Waals surface area contributed by atoms with Gasteiger partial charge in [-0.2, -0.15) is 0 Å². The van der Waals surface area contributed by atoms with Crippen molar-refractivity contribution in [2.45, 2.75) is 6.92 Å². The number of aryl methyl sites for hydroxylation is 1. The third-order valence-electron chi connectivity index (χ3n) is 4.80. The van der Waals surface area contributed by atoms with Crippen LogP contribution in [-0.4, -0.2) is 24.7 Å². The summed E-state index contributed by atoms with van der Waals surface area (Å²) in [5.41, 5.74) is 1.97. The molecule has 1 amide bonds. The van der Waals surface area contributed by atoms with Crippen LogP contribution >= 0.6 is 11.6 Å². The fraction of sp³-hybridized carbons (Fsp3) is 0.143. The van der Waals surface area contributed by atoms with Crippen LogP contribution in [0.2, 0.25) is 5.02 Å². The monoisotopic (exact) mass is 415 g/mol. The third kappa shape index (κ3) is 3.27. The first-order valence-electron chi connectivity index (χ1n) is 8.74. The summed E-state index contributed by atoms with van der Waals surface area (Å²) in [6.07, 6.45) is 1.47. The Morgan fingerprint density at radius 1 is 1.07 bits per heavy atom. The fourth-order valence-corrected chi connectivity index (χ4v) is 3.52.